The fourth-order valence-electron chi connectivity index (χ4n) is 1.39. The van der Waals surface area contributed by atoms with E-state index in [0.29, 0.717) is 6.54 Å². The molecule has 1 aromatic heterocycles. The number of hydrogen-bond acceptors (Lipinski definition) is 4. The first-order valence-electron chi connectivity index (χ1n) is 5.70. The minimum atomic E-state index is -0.729. The van der Waals surface area contributed by atoms with Gasteiger partial charge in [-0.25, -0.2) is 4.79 Å². The number of nitrogens with one attached hydrogen (secondary N) is 2. The highest BCUT2D eigenvalue weighted by Crippen LogP contribution is 2.02. The van der Waals surface area contributed by atoms with Gasteiger partial charge in [-0.3, -0.25) is 19.8 Å². The van der Waals surface area contributed by atoms with E-state index in [1.807, 2.05) is 4.98 Å². The van der Waals surface area contributed by atoms with Gasteiger partial charge < -0.3 is 5.11 Å². The summed E-state index contributed by atoms with van der Waals surface area (Å²) in [6.45, 7) is 2.74. The molecule has 0 unspecified atom stereocenters. The molecule has 17 heavy (non-hydrogen) atoms. The summed E-state index contributed by atoms with van der Waals surface area (Å²) in [7, 11) is 0. The second-order valence-electron chi connectivity index (χ2n) is 3.77. The Morgan fingerprint density at radius 3 is 2.65 bits per heavy atom. The van der Waals surface area contributed by atoms with Crippen LogP contribution in [0.25, 0.3) is 0 Å². The van der Waals surface area contributed by atoms with Gasteiger partial charge in [0.25, 0.3) is 5.56 Å². The summed E-state index contributed by atoms with van der Waals surface area (Å²) in [5, 5.41) is 9.35. The maximum absolute atomic E-state index is 11.3. The highest BCUT2D eigenvalue weighted by molar-refractivity contribution is 5.81. The molecule has 6 heteroatoms. The molecule has 0 aromatic carbocycles. The van der Waals surface area contributed by atoms with E-state index in [2.05, 4.69) is 16.9 Å². The number of unbranched alkanes of at least 4 members (excludes halogenated alkanes) is 3. The maximum atomic E-state index is 11.3. The first kappa shape index (κ1) is 13.2. The molecule has 0 bridgehead atoms. The summed E-state index contributed by atoms with van der Waals surface area (Å²) < 4.78 is 0. The van der Waals surface area contributed by atoms with Crippen molar-refractivity contribution in [1.29, 1.82) is 0 Å². The normalized spacial score (nSPS) is 11.1. The Bertz CT molecular complexity index is 487. The number of aromatic nitrogens is 2. The van der Waals surface area contributed by atoms with Crippen LogP contribution in [0, 0.1) is 0 Å². The molecular formula is C11H17N3O3. The Morgan fingerprint density at radius 2 is 2.00 bits per heavy atom. The highest BCUT2D eigenvalue weighted by atomic mass is 16.3. The molecule has 1 aromatic rings. The van der Waals surface area contributed by atoms with Crippen LogP contribution in [0.4, 0.5) is 0 Å². The van der Waals surface area contributed by atoms with Gasteiger partial charge in [-0.05, 0) is 6.42 Å². The van der Waals surface area contributed by atoms with Gasteiger partial charge in [0.2, 0.25) is 5.88 Å². The predicted octanol–water partition coefficient (Wildman–Crippen LogP) is 0.768. The van der Waals surface area contributed by atoms with Crippen LogP contribution in [0.5, 0.6) is 5.88 Å². The van der Waals surface area contributed by atoms with Crippen LogP contribution in [0.3, 0.4) is 0 Å². The van der Waals surface area contributed by atoms with Crippen LogP contribution in [-0.2, 0) is 0 Å². The third-order valence-electron chi connectivity index (χ3n) is 2.32. The van der Waals surface area contributed by atoms with Crippen molar-refractivity contribution < 1.29 is 5.11 Å². The van der Waals surface area contributed by atoms with E-state index >= 15 is 0 Å². The summed E-state index contributed by atoms with van der Waals surface area (Å²) >= 11 is 0. The summed E-state index contributed by atoms with van der Waals surface area (Å²) in [4.78, 5) is 30.3. The SMILES string of the molecule is CCCCCCN=Cc1c(O)[nH]c(=O)[nH]c1=O. The summed E-state index contributed by atoms with van der Waals surface area (Å²) in [5.41, 5.74) is -1.38. The molecule has 1 rings (SSSR count). The van der Waals surface area contributed by atoms with Crippen molar-refractivity contribution in [1.82, 2.24) is 9.97 Å². The molecule has 1 heterocycles. The quantitative estimate of drug-likeness (QED) is 0.505. The average molecular weight is 239 g/mol. The van der Waals surface area contributed by atoms with E-state index in [0.717, 1.165) is 19.3 Å². The molecule has 0 aliphatic carbocycles. The Hall–Kier alpha value is -1.85. The molecule has 0 saturated carbocycles. The van der Waals surface area contributed by atoms with E-state index in [1.54, 1.807) is 0 Å². The van der Waals surface area contributed by atoms with E-state index < -0.39 is 17.1 Å². The van der Waals surface area contributed by atoms with Gasteiger partial charge in [0.1, 0.15) is 5.56 Å². The zero-order valence-corrected chi connectivity index (χ0v) is 9.82. The second-order valence-corrected chi connectivity index (χ2v) is 3.77. The van der Waals surface area contributed by atoms with Gasteiger partial charge >= 0.3 is 5.69 Å². The van der Waals surface area contributed by atoms with Crippen LogP contribution in [0.15, 0.2) is 14.6 Å². The minimum Gasteiger partial charge on any atom is -0.494 e. The largest absolute Gasteiger partial charge is 0.494 e. The van der Waals surface area contributed by atoms with Gasteiger partial charge in [0.05, 0.1) is 0 Å². The lowest BCUT2D eigenvalue weighted by Gasteiger charge is -1.96. The van der Waals surface area contributed by atoms with Crippen molar-refractivity contribution in [2.75, 3.05) is 6.54 Å². The van der Waals surface area contributed by atoms with Crippen molar-refractivity contribution in [3.8, 4) is 5.88 Å². The average Bonchev–Trinajstić information content (AvgIpc) is 2.26. The Labute approximate surface area is 98.4 Å². The van der Waals surface area contributed by atoms with Crippen LogP contribution in [-0.4, -0.2) is 27.8 Å². The zero-order chi connectivity index (χ0) is 12.7. The fourth-order valence-corrected chi connectivity index (χ4v) is 1.39. The van der Waals surface area contributed by atoms with Crippen LogP contribution >= 0.6 is 0 Å². The first-order chi connectivity index (χ1) is 8.15. The molecule has 0 atom stereocenters. The maximum Gasteiger partial charge on any atom is 0.328 e. The molecule has 0 amide bonds. The lowest BCUT2D eigenvalue weighted by Crippen LogP contribution is -2.24. The molecule has 0 fully saturated rings. The van der Waals surface area contributed by atoms with E-state index in [-0.39, 0.29) is 5.56 Å². The van der Waals surface area contributed by atoms with E-state index in [4.69, 9.17) is 0 Å². The van der Waals surface area contributed by atoms with Crippen molar-refractivity contribution in [2.24, 2.45) is 4.99 Å². The molecule has 0 radical (unpaired) electrons. The number of aromatic amines is 2. The molecular weight excluding hydrogens is 222 g/mol. The smallest absolute Gasteiger partial charge is 0.328 e. The molecule has 0 aliphatic heterocycles. The molecule has 6 nitrogen and oxygen atoms in total. The molecule has 0 aliphatic rings. The number of rotatable bonds is 6. The van der Waals surface area contributed by atoms with E-state index in [9.17, 15) is 14.7 Å². The van der Waals surface area contributed by atoms with Crippen molar-refractivity contribution in [3.05, 3.63) is 26.4 Å². The first-order valence-corrected chi connectivity index (χ1v) is 5.70. The van der Waals surface area contributed by atoms with Crippen molar-refractivity contribution >= 4 is 6.21 Å². The molecule has 0 saturated heterocycles. The molecule has 3 N–H and O–H groups in total. The Kier molecular flexibility index (Phi) is 5.19. The highest BCUT2D eigenvalue weighted by Gasteiger charge is 2.04. The third kappa shape index (κ3) is 4.26. The summed E-state index contributed by atoms with van der Waals surface area (Å²) in [6, 6.07) is 0. The lowest BCUT2D eigenvalue weighted by molar-refractivity contribution is 0.447. The summed E-state index contributed by atoms with van der Waals surface area (Å²) in [6.07, 6.45) is 5.66. The number of hydrogen-bond donors (Lipinski definition) is 3. The lowest BCUT2D eigenvalue weighted by atomic mass is 10.2. The molecule has 94 valence electrons. The third-order valence-corrected chi connectivity index (χ3v) is 2.32. The minimum absolute atomic E-state index is 0.0138. The van der Waals surface area contributed by atoms with Gasteiger partial charge in [-0.2, -0.15) is 0 Å². The standard InChI is InChI=1S/C11H17N3O3/c1-2-3-4-5-6-12-7-8-9(15)13-11(17)14-10(8)16/h7H,2-6H2,1H3,(H3,13,14,15,16,17). The zero-order valence-electron chi connectivity index (χ0n) is 9.82. The predicted molar refractivity (Wildman–Crippen MR) is 66.0 cm³/mol. The van der Waals surface area contributed by atoms with Gasteiger partial charge in [0, 0.05) is 12.8 Å². The monoisotopic (exact) mass is 239 g/mol. The topological polar surface area (TPSA) is 98.3 Å². The summed E-state index contributed by atoms with van der Waals surface area (Å²) in [5.74, 6) is -0.448. The number of aliphatic imine (C=N–C) groups is 1. The number of aromatic hydroxyl groups is 1. The van der Waals surface area contributed by atoms with Crippen LogP contribution in [0.1, 0.15) is 38.2 Å². The van der Waals surface area contributed by atoms with E-state index in [1.165, 1.54) is 12.6 Å². The van der Waals surface area contributed by atoms with Crippen LogP contribution < -0.4 is 11.2 Å². The Morgan fingerprint density at radius 1 is 1.24 bits per heavy atom. The Balaban J connectivity index is 2.60. The van der Waals surface area contributed by atoms with Gasteiger partial charge in [-0.1, -0.05) is 26.2 Å². The van der Waals surface area contributed by atoms with Crippen molar-refractivity contribution in [2.45, 2.75) is 32.6 Å². The fraction of sp³-hybridized carbons (Fsp3) is 0.545. The van der Waals surface area contributed by atoms with Gasteiger partial charge in [-0.15, -0.1) is 0 Å². The molecule has 0 spiro atoms. The van der Waals surface area contributed by atoms with Crippen LogP contribution in [0.2, 0.25) is 0 Å². The van der Waals surface area contributed by atoms with Crippen molar-refractivity contribution in [3.63, 3.8) is 0 Å². The number of H-pyrrole nitrogens is 2. The second kappa shape index (κ2) is 6.67. The van der Waals surface area contributed by atoms with Gasteiger partial charge in [0.15, 0.2) is 0 Å². The number of nitrogens with zero attached hydrogens (tertiary/aromatic N) is 1.